The summed E-state index contributed by atoms with van der Waals surface area (Å²) in [5.74, 6) is -0.765. The molecule has 0 radical (unpaired) electrons. The zero-order valence-electron chi connectivity index (χ0n) is 14.5. The van der Waals surface area contributed by atoms with E-state index < -0.39 is 15.9 Å². The molecule has 2 aromatic rings. The van der Waals surface area contributed by atoms with Crippen LogP contribution >= 0.6 is 11.3 Å². The van der Waals surface area contributed by atoms with E-state index in [4.69, 9.17) is 10.00 Å². The number of hydrogen-bond acceptors (Lipinski definition) is 8. The summed E-state index contributed by atoms with van der Waals surface area (Å²) < 4.78 is 29.6. The van der Waals surface area contributed by atoms with Gasteiger partial charge in [-0.1, -0.05) is 0 Å². The molecule has 8 nitrogen and oxygen atoms in total. The number of aryl methyl sites for hydroxylation is 1. The zero-order valence-corrected chi connectivity index (χ0v) is 16.1. The van der Waals surface area contributed by atoms with E-state index in [1.807, 2.05) is 9.62 Å². The number of benzene rings is 1. The minimum absolute atomic E-state index is 0.0616. The Morgan fingerprint density at radius 3 is 2.58 bits per heavy atom. The van der Waals surface area contributed by atoms with Crippen LogP contribution in [0.3, 0.4) is 0 Å². The van der Waals surface area contributed by atoms with Crippen LogP contribution in [0.5, 0.6) is 0 Å². The van der Waals surface area contributed by atoms with Crippen molar-refractivity contribution in [3.63, 3.8) is 0 Å². The van der Waals surface area contributed by atoms with Gasteiger partial charge in [-0.25, -0.2) is 18.1 Å². The molecule has 0 aliphatic heterocycles. The molecule has 1 amide bonds. The van der Waals surface area contributed by atoms with Gasteiger partial charge < -0.3 is 9.64 Å². The molecule has 0 spiro atoms. The van der Waals surface area contributed by atoms with E-state index in [2.05, 4.69) is 11.1 Å². The summed E-state index contributed by atoms with van der Waals surface area (Å²) in [6, 6.07) is 8.99. The predicted molar refractivity (Wildman–Crippen MR) is 99.2 cm³/mol. The van der Waals surface area contributed by atoms with Gasteiger partial charge in [0.1, 0.15) is 5.69 Å². The fraction of sp³-hybridized carbons (Fsp3) is 0.312. The highest BCUT2D eigenvalue weighted by Crippen LogP contribution is 2.31. The Morgan fingerprint density at radius 2 is 2.04 bits per heavy atom. The Hall–Kier alpha value is -2.48. The number of nitriles is 1. The SMILES string of the molecule is COCCN(c1ccc(C#N)cc1)c1nc(C(=O)NS(C)(=O)=O)c(C)s1. The van der Waals surface area contributed by atoms with Crippen LogP contribution in [0.25, 0.3) is 0 Å². The van der Waals surface area contributed by atoms with Crippen LogP contribution in [-0.4, -0.2) is 45.8 Å². The number of anilines is 2. The van der Waals surface area contributed by atoms with Crippen LogP contribution < -0.4 is 9.62 Å². The molecule has 138 valence electrons. The molecule has 0 saturated heterocycles. The first kappa shape index (κ1) is 19.8. The smallest absolute Gasteiger partial charge is 0.284 e. The summed E-state index contributed by atoms with van der Waals surface area (Å²) in [5.41, 5.74) is 1.38. The van der Waals surface area contributed by atoms with Crippen molar-refractivity contribution < 1.29 is 17.9 Å². The summed E-state index contributed by atoms with van der Waals surface area (Å²) >= 11 is 1.27. The Morgan fingerprint density at radius 1 is 1.38 bits per heavy atom. The average Bonchev–Trinajstić information content (AvgIpc) is 2.96. The molecule has 0 aliphatic rings. The molecule has 0 bridgehead atoms. The van der Waals surface area contributed by atoms with Crippen molar-refractivity contribution in [1.82, 2.24) is 9.71 Å². The minimum Gasteiger partial charge on any atom is -0.383 e. The molecule has 0 fully saturated rings. The van der Waals surface area contributed by atoms with Gasteiger partial charge in [-0.15, -0.1) is 11.3 Å². The topological polar surface area (TPSA) is 112 Å². The number of methoxy groups -OCH3 is 1. The number of ether oxygens (including phenoxy) is 1. The first-order valence-electron chi connectivity index (χ1n) is 7.51. The first-order valence-corrected chi connectivity index (χ1v) is 10.2. The number of amides is 1. The lowest BCUT2D eigenvalue weighted by Crippen LogP contribution is -2.30. The van der Waals surface area contributed by atoms with Crippen LogP contribution in [0, 0.1) is 18.3 Å². The summed E-state index contributed by atoms with van der Waals surface area (Å²) in [5, 5.41) is 9.46. The number of nitrogens with zero attached hydrogens (tertiary/aromatic N) is 3. The van der Waals surface area contributed by atoms with Crippen molar-refractivity contribution in [3.8, 4) is 6.07 Å². The van der Waals surface area contributed by atoms with E-state index in [-0.39, 0.29) is 5.69 Å². The van der Waals surface area contributed by atoms with Crippen LogP contribution in [0.2, 0.25) is 0 Å². The third-order valence-corrected chi connectivity index (χ3v) is 4.89. The summed E-state index contributed by atoms with van der Waals surface area (Å²) in [6.07, 6.45) is 0.912. The number of thiazole rings is 1. The number of rotatable bonds is 7. The van der Waals surface area contributed by atoms with Crippen molar-refractivity contribution in [2.24, 2.45) is 0 Å². The third kappa shape index (κ3) is 5.01. The summed E-state index contributed by atoms with van der Waals surface area (Å²) in [6.45, 7) is 2.59. The molecule has 0 unspecified atom stereocenters. The normalized spacial score (nSPS) is 11.0. The molecular weight excluding hydrogens is 376 g/mol. The number of sulfonamides is 1. The minimum atomic E-state index is -3.67. The molecule has 1 aromatic carbocycles. The van der Waals surface area contributed by atoms with Crippen molar-refractivity contribution >= 4 is 38.1 Å². The van der Waals surface area contributed by atoms with E-state index in [0.717, 1.165) is 11.9 Å². The largest absolute Gasteiger partial charge is 0.383 e. The van der Waals surface area contributed by atoms with Gasteiger partial charge in [0.25, 0.3) is 5.91 Å². The Labute approximate surface area is 156 Å². The first-order chi connectivity index (χ1) is 12.2. The van der Waals surface area contributed by atoms with E-state index in [1.54, 1.807) is 38.3 Å². The van der Waals surface area contributed by atoms with Gasteiger partial charge in [0.15, 0.2) is 5.13 Å². The average molecular weight is 394 g/mol. The summed E-state index contributed by atoms with van der Waals surface area (Å²) in [4.78, 5) is 18.9. The standard InChI is InChI=1S/C16H18N4O4S2/c1-11-14(15(21)19-26(3,22)23)18-16(25-11)20(8-9-24-2)13-6-4-12(10-17)5-7-13/h4-7H,8-9H2,1-3H3,(H,19,21). The quantitative estimate of drug-likeness (QED) is 0.762. The fourth-order valence-electron chi connectivity index (χ4n) is 2.16. The van der Waals surface area contributed by atoms with Crippen molar-refractivity contribution in [1.29, 1.82) is 5.26 Å². The Balaban J connectivity index is 2.38. The molecule has 0 aliphatic carbocycles. The van der Waals surface area contributed by atoms with Gasteiger partial charge in [0, 0.05) is 24.2 Å². The Bertz CT molecular complexity index is 930. The van der Waals surface area contributed by atoms with Gasteiger partial charge in [0.2, 0.25) is 10.0 Å². The highest BCUT2D eigenvalue weighted by molar-refractivity contribution is 7.89. The Kier molecular flexibility index (Phi) is 6.31. The van der Waals surface area contributed by atoms with Gasteiger partial charge in [-0.2, -0.15) is 5.26 Å². The zero-order chi connectivity index (χ0) is 19.3. The van der Waals surface area contributed by atoms with Crippen molar-refractivity contribution in [3.05, 3.63) is 40.4 Å². The molecule has 0 saturated carbocycles. The summed E-state index contributed by atoms with van der Waals surface area (Å²) in [7, 11) is -2.09. The lowest BCUT2D eigenvalue weighted by Gasteiger charge is -2.21. The highest BCUT2D eigenvalue weighted by atomic mass is 32.2. The number of carbonyl (C=O) groups is 1. The molecule has 1 N–H and O–H groups in total. The number of nitrogens with one attached hydrogen (secondary N) is 1. The van der Waals surface area contributed by atoms with E-state index in [9.17, 15) is 13.2 Å². The second kappa shape index (κ2) is 8.27. The van der Waals surface area contributed by atoms with Crippen molar-refractivity contribution in [2.75, 3.05) is 31.4 Å². The van der Waals surface area contributed by atoms with Gasteiger partial charge in [0.05, 0.1) is 24.5 Å². The predicted octanol–water partition coefficient (Wildman–Crippen LogP) is 1.80. The molecule has 10 heteroatoms. The molecule has 0 atom stereocenters. The fourth-order valence-corrected chi connectivity index (χ4v) is 3.55. The molecule has 1 heterocycles. The number of aromatic nitrogens is 1. The van der Waals surface area contributed by atoms with E-state index in [1.165, 1.54) is 11.3 Å². The van der Waals surface area contributed by atoms with Crippen LogP contribution in [0.4, 0.5) is 10.8 Å². The molecule has 26 heavy (non-hydrogen) atoms. The van der Waals surface area contributed by atoms with Gasteiger partial charge >= 0.3 is 0 Å². The maximum absolute atomic E-state index is 12.1. The van der Waals surface area contributed by atoms with Gasteiger partial charge in [-0.05, 0) is 31.2 Å². The maximum atomic E-state index is 12.1. The second-order valence-electron chi connectivity index (χ2n) is 5.41. The lowest BCUT2D eigenvalue weighted by atomic mass is 10.2. The third-order valence-electron chi connectivity index (χ3n) is 3.34. The van der Waals surface area contributed by atoms with Crippen LogP contribution in [0.15, 0.2) is 24.3 Å². The molecular formula is C16H18N4O4S2. The van der Waals surface area contributed by atoms with Gasteiger partial charge in [-0.3, -0.25) is 4.79 Å². The molecule has 1 aromatic heterocycles. The number of hydrogen-bond donors (Lipinski definition) is 1. The monoisotopic (exact) mass is 394 g/mol. The van der Waals surface area contributed by atoms with E-state index >= 15 is 0 Å². The molecule has 2 rings (SSSR count). The van der Waals surface area contributed by atoms with Crippen LogP contribution in [0.1, 0.15) is 20.9 Å². The lowest BCUT2D eigenvalue weighted by molar-refractivity contribution is 0.0977. The number of carbonyl (C=O) groups excluding carboxylic acids is 1. The van der Waals surface area contributed by atoms with Crippen molar-refractivity contribution in [2.45, 2.75) is 6.92 Å². The van der Waals surface area contributed by atoms with E-state index in [0.29, 0.717) is 28.7 Å². The maximum Gasteiger partial charge on any atom is 0.284 e. The second-order valence-corrected chi connectivity index (χ2v) is 8.34. The van der Waals surface area contributed by atoms with Crippen LogP contribution in [-0.2, 0) is 14.8 Å². The highest BCUT2D eigenvalue weighted by Gasteiger charge is 2.22.